The Balaban J connectivity index is 2.01. The first-order valence-electron chi connectivity index (χ1n) is 6.26. The second kappa shape index (κ2) is 6.94. The van der Waals surface area contributed by atoms with Gasteiger partial charge >= 0.3 is 6.36 Å². The Labute approximate surface area is 124 Å². The van der Waals surface area contributed by atoms with E-state index in [0.29, 0.717) is 23.9 Å². The highest BCUT2D eigenvalue weighted by atomic mass is 19.4. The van der Waals surface area contributed by atoms with Crippen LogP contribution in [0.4, 0.5) is 30.5 Å². The lowest BCUT2D eigenvalue weighted by molar-refractivity contribution is -0.274. The van der Waals surface area contributed by atoms with Gasteiger partial charge in [0.25, 0.3) is 0 Å². The van der Waals surface area contributed by atoms with E-state index in [-0.39, 0.29) is 12.4 Å². The van der Waals surface area contributed by atoms with Crippen molar-refractivity contribution in [2.24, 2.45) is 0 Å². The molecule has 0 radical (unpaired) electrons. The molecule has 1 aromatic heterocycles. The van der Waals surface area contributed by atoms with Crippen molar-refractivity contribution in [1.82, 2.24) is 9.97 Å². The molecular formula is C13H13F3N4O2. The van der Waals surface area contributed by atoms with Gasteiger partial charge in [0, 0.05) is 18.3 Å². The van der Waals surface area contributed by atoms with Crippen molar-refractivity contribution >= 4 is 17.3 Å². The third-order valence-corrected chi connectivity index (χ3v) is 2.45. The molecule has 1 aromatic carbocycles. The molecule has 0 saturated carbocycles. The van der Waals surface area contributed by atoms with Gasteiger partial charge in [0.2, 0.25) is 0 Å². The molecule has 0 unspecified atom stereocenters. The second-order valence-corrected chi connectivity index (χ2v) is 4.14. The van der Waals surface area contributed by atoms with Crippen LogP contribution >= 0.6 is 0 Å². The van der Waals surface area contributed by atoms with Crippen LogP contribution in [-0.2, 0) is 0 Å². The zero-order valence-electron chi connectivity index (χ0n) is 11.3. The summed E-state index contributed by atoms with van der Waals surface area (Å²) in [5, 5.41) is 14.5. The Morgan fingerprint density at radius 3 is 2.41 bits per heavy atom. The Kier molecular flexibility index (Phi) is 4.99. The quantitative estimate of drug-likeness (QED) is 0.760. The molecule has 9 heteroatoms. The van der Waals surface area contributed by atoms with E-state index < -0.39 is 6.36 Å². The molecule has 2 aromatic rings. The largest absolute Gasteiger partial charge is 0.573 e. The van der Waals surface area contributed by atoms with Crippen LogP contribution in [0, 0.1) is 0 Å². The number of aliphatic hydroxyl groups excluding tert-OH is 1. The van der Waals surface area contributed by atoms with Crippen molar-refractivity contribution < 1.29 is 23.0 Å². The summed E-state index contributed by atoms with van der Waals surface area (Å²) in [7, 11) is 0. The molecule has 2 rings (SSSR count). The Morgan fingerprint density at radius 2 is 1.77 bits per heavy atom. The third kappa shape index (κ3) is 5.09. The fraction of sp³-hybridized carbons (Fsp3) is 0.231. The smallest absolute Gasteiger partial charge is 0.406 e. The number of halogens is 3. The highest BCUT2D eigenvalue weighted by Crippen LogP contribution is 2.25. The maximum atomic E-state index is 12.1. The Bertz CT molecular complexity index is 605. The lowest BCUT2D eigenvalue weighted by Gasteiger charge is -2.10. The molecule has 0 aliphatic rings. The molecule has 0 aliphatic carbocycles. The van der Waals surface area contributed by atoms with Crippen molar-refractivity contribution in [2.45, 2.75) is 6.36 Å². The number of aromatic nitrogens is 2. The molecule has 1 heterocycles. The summed E-state index contributed by atoms with van der Waals surface area (Å²) in [5.41, 5.74) is 0.543. The van der Waals surface area contributed by atoms with Gasteiger partial charge in [-0.05, 0) is 24.3 Å². The van der Waals surface area contributed by atoms with Gasteiger partial charge in [-0.25, -0.2) is 9.97 Å². The zero-order chi connectivity index (χ0) is 16.0. The lowest BCUT2D eigenvalue weighted by Crippen LogP contribution is -2.16. The van der Waals surface area contributed by atoms with Crippen molar-refractivity contribution in [1.29, 1.82) is 0 Å². The molecule has 22 heavy (non-hydrogen) atoms. The first kappa shape index (κ1) is 15.8. The Morgan fingerprint density at radius 1 is 1.09 bits per heavy atom. The number of hydrogen-bond acceptors (Lipinski definition) is 6. The molecular weight excluding hydrogens is 301 g/mol. The summed E-state index contributed by atoms with van der Waals surface area (Å²) in [6, 6.07) is 6.87. The number of benzene rings is 1. The number of nitrogens with one attached hydrogen (secondary N) is 2. The number of anilines is 3. The predicted molar refractivity (Wildman–Crippen MR) is 74.0 cm³/mol. The number of nitrogens with zero attached hydrogens (tertiary/aromatic N) is 2. The molecule has 0 spiro atoms. The summed E-state index contributed by atoms with van der Waals surface area (Å²) in [5.74, 6) is 0.676. The van der Waals surface area contributed by atoms with Gasteiger partial charge in [0.1, 0.15) is 23.7 Å². The zero-order valence-corrected chi connectivity index (χ0v) is 11.3. The van der Waals surface area contributed by atoms with E-state index in [1.807, 2.05) is 0 Å². The summed E-state index contributed by atoms with van der Waals surface area (Å²) >= 11 is 0. The molecule has 0 saturated heterocycles. The van der Waals surface area contributed by atoms with Gasteiger partial charge in [-0.15, -0.1) is 13.2 Å². The minimum atomic E-state index is -4.71. The normalized spacial score (nSPS) is 11.1. The van der Waals surface area contributed by atoms with Crippen molar-refractivity contribution in [2.75, 3.05) is 23.8 Å². The van der Waals surface area contributed by atoms with E-state index in [1.165, 1.54) is 30.6 Å². The van der Waals surface area contributed by atoms with E-state index in [4.69, 9.17) is 5.11 Å². The maximum Gasteiger partial charge on any atom is 0.573 e. The fourth-order valence-corrected chi connectivity index (χ4v) is 1.59. The van der Waals surface area contributed by atoms with Crippen molar-refractivity contribution in [3.8, 4) is 5.75 Å². The first-order chi connectivity index (χ1) is 10.5. The number of hydrogen-bond donors (Lipinski definition) is 3. The van der Waals surface area contributed by atoms with E-state index in [0.717, 1.165) is 0 Å². The second-order valence-electron chi connectivity index (χ2n) is 4.14. The predicted octanol–water partition coefficient (Wildman–Crippen LogP) is 2.52. The summed E-state index contributed by atoms with van der Waals surface area (Å²) in [6.45, 7) is 0.313. The molecule has 3 N–H and O–H groups in total. The minimum absolute atomic E-state index is 0.0343. The van der Waals surface area contributed by atoms with Crippen LogP contribution in [0.5, 0.6) is 5.75 Å². The van der Waals surface area contributed by atoms with Crippen LogP contribution in [-0.4, -0.2) is 34.6 Å². The standard InChI is InChI=1S/C13H13F3N4O2/c14-13(15,16)22-10-3-1-9(2-4-10)20-12-7-11(17-5-6-21)18-8-19-12/h1-4,7-8,21H,5-6H2,(H2,17,18,19,20). The molecule has 0 fully saturated rings. The third-order valence-electron chi connectivity index (χ3n) is 2.45. The van der Waals surface area contributed by atoms with Crippen LogP contribution in [0.15, 0.2) is 36.7 Å². The van der Waals surface area contributed by atoms with Gasteiger partial charge in [-0.1, -0.05) is 0 Å². The SMILES string of the molecule is OCCNc1cc(Nc2ccc(OC(F)(F)F)cc2)ncn1. The Hall–Kier alpha value is -2.55. The minimum Gasteiger partial charge on any atom is -0.406 e. The van der Waals surface area contributed by atoms with Crippen molar-refractivity contribution in [3.05, 3.63) is 36.7 Å². The van der Waals surface area contributed by atoms with Crippen LogP contribution in [0.2, 0.25) is 0 Å². The van der Waals surface area contributed by atoms with Crippen LogP contribution in [0.1, 0.15) is 0 Å². The van der Waals surface area contributed by atoms with E-state index in [2.05, 4.69) is 25.3 Å². The monoisotopic (exact) mass is 314 g/mol. The highest BCUT2D eigenvalue weighted by Gasteiger charge is 2.30. The van der Waals surface area contributed by atoms with Gasteiger partial charge in [0.05, 0.1) is 6.61 Å². The number of aliphatic hydroxyl groups is 1. The lowest BCUT2D eigenvalue weighted by atomic mass is 10.3. The fourth-order valence-electron chi connectivity index (χ4n) is 1.59. The van der Waals surface area contributed by atoms with E-state index in [9.17, 15) is 13.2 Å². The van der Waals surface area contributed by atoms with Gasteiger partial charge in [-0.2, -0.15) is 0 Å². The van der Waals surface area contributed by atoms with Crippen LogP contribution in [0.3, 0.4) is 0 Å². The van der Waals surface area contributed by atoms with Gasteiger partial charge in [0.15, 0.2) is 0 Å². The van der Waals surface area contributed by atoms with Crippen LogP contribution < -0.4 is 15.4 Å². The summed E-state index contributed by atoms with van der Waals surface area (Å²) < 4.78 is 39.9. The molecule has 6 nitrogen and oxygen atoms in total. The summed E-state index contributed by atoms with van der Waals surface area (Å²) in [4.78, 5) is 7.94. The van der Waals surface area contributed by atoms with E-state index in [1.54, 1.807) is 6.07 Å². The first-order valence-corrected chi connectivity index (χ1v) is 6.26. The van der Waals surface area contributed by atoms with Crippen LogP contribution in [0.25, 0.3) is 0 Å². The van der Waals surface area contributed by atoms with E-state index >= 15 is 0 Å². The molecule has 0 bridgehead atoms. The molecule has 0 atom stereocenters. The van der Waals surface area contributed by atoms with Gasteiger partial charge in [-0.3, -0.25) is 0 Å². The number of rotatable bonds is 6. The summed E-state index contributed by atoms with van der Waals surface area (Å²) in [6.07, 6.45) is -3.39. The highest BCUT2D eigenvalue weighted by molar-refractivity contribution is 5.59. The van der Waals surface area contributed by atoms with Crippen molar-refractivity contribution in [3.63, 3.8) is 0 Å². The maximum absolute atomic E-state index is 12.1. The number of alkyl halides is 3. The molecule has 0 amide bonds. The average Bonchev–Trinajstić information content (AvgIpc) is 2.46. The average molecular weight is 314 g/mol. The van der Waals surface area contributed by atoms with Gasteiger partial charge < -0.3 is 20.5 Å². The number of ether oxygens (including phenoxy) is 1. The molecule has 118 valence electrons. The molecule has 0 aliphatic heterocycles. The topological polar surface area (TPSA) is 79.3 Å².